The first-order valence-electron chi connectivity index (χ1n) is 22.0. The summed E-state index contributed by atoms with van der Waals surface area (Å²) in [6.07, 6.45) is 5.66. The molecular weight excluding hydrogens is 851 g/mol. The standard InChI is InChI=1S/C44H75N7O10S2/c1-15-28(6)37(31(60-11)24-34(55)50-22-17-18-30(50)38(61-12)29(7)25-52)48(9)42(57)35(26(2)3)46-41(56)36(27(4)5)47(8)33(54)19-16-21-45-32(53)20-23-51-44(59)40(63-14)39(62-13)43(58)49(51)10/h25-31,35-38H,15-24H2,1-14H3,(H,45,53)(H,46,56)/t28-,29-,30-,31+,35-,36-,37-,38+/m0/s1. The van der Waals surface area contributed by atoms with E-state index in [0.717, 1.165) is 12.7 Å². The van der Waals surface area contributed by atoms with E-state index in [0.29, 0.717) is 35.6 Å². The molecule has 1 aromatic rings. The predicted molar refractivity (Wildman–Crippen MR) is 247 cm³/mol. The second-order valence-electron chi connectivity index (χ2n) is 17.2. The lowest BCUT2D eigenvalue weighted by atomic mass is 9.89. The van der Waals surface area contributed by atoms with E-state index in [1.54, 1.807) is 50.4 Å². The monoisotopic (exact) mass is 926 g/mol. The number of nitrogens with one attached hydrogen (secondary N) is 2. The van der Waals surface area contributed by atoms with Crippen LogP contribution in [0.3, 0.4) is 0 Å². The lowest BCUT2D eigenvalue weighted by Gasteiger charge is -2.41. The van der Waals surface area contributed by atoms with Crippen molar-refractivity contribution in [2.24, 2.45) is 30.7 Å². The molecule has 0 saturated carbocycles. The van der Waals surface area contributed by atoms with Gasteiger partial charge in [-0.2, -0.15) is 0 Å². The Morgan fingerprint density at radius 2 is 1.52 bits per heavy atom. The zero-order valence-electron chi connectivity index (χ0n) is 40.1. The van der Waals surface area contributed by atoms with Gasteiger partial charge in [0.2, 0.25) is 29.5 Å². The van der Waals surface area contributed by atoms with Gasteiger partial charge in [0.15, 0.2) is 0 Å². The van der Waals surface area contributed by atoms with Gasteiger partial charge in [0, 0.05) is 67.2 Å². The SMILES string of the molecule is CC[C@H](C)[C@@H]([C@@H](CC(=O)N1CCC[C@H]1[C@H](OC)[C@@H](C)C=O)OC)N(C)C(=O)[C@@H](NC(=O)[C@H](C(C)C)N(C)C(=O)CCCNC(=O)CCn1c(=O)c(SC)c(SC)c(=O)n1C)C(C)C. The maximum Gasteiger partial charge on any atom is 0.280 e. The fourth-order valence-corrected chi connectivity index (χ4v) is 10.2. The quantitative estimate of drug-likeness (QED) is 0.0784. The molecule has 1 aliphatic rings. The Morgan fingerprint density at radius 3 is 2.05 bits per heavy atom. The second-order valence-corrected chi connectivity index (χ2v) is 18.9. The summed E-state index contributed by atoms with van der Waals surface area (Å²) in [4.78, 5) is 112. The Labute approximate surface area is 382 Å². The molecule has 0 radical (unpaired) electrons. The van der Waals surface area contributed by atoms with Gasteiger partial charge < -0.3 is 39.6 Å². The van der Waals surface area contributed by atoms with Crippen LogP contribution in [0.15, 0.2) is 19.4 Å². The van der Waals surface area contributed by atoms with Crippen LogP contribution < -0.4 is 21.8 Å². The average Bonchev–Trinajstić information content (AvgIpc) is 3.74. The molecular formula is C44H75N7O10S2. The van der Waals surface area contributed by atoms with Gasteiger partial charge in [-0.05, 0) is 49.5 Å². The number of methoxy groups -OCH3 is 2. The Kier molecular flexibility index (Phi) is 23.2. The van der Waals surface area contributed by atoms with Crippen LogP contribution in [0.4, 0.5) is 0 Å². The first kappa shape index (κ1) is 55.5. The highest BCUT2D eigenvalue weighted by Gasteiger charge is 2.42. The second kappa shape index (κ2) is 26.3. The van der Waals surface area contributed by atoms with Crippen LogP contribution in [0.1, 0.15) is 93.4 Å². The number of amides is 5. The molecule has 8 atom stereocenters. The number of ether oxygens (including phenoxy) is 2. The zero-order chi connectivity index (χ0) is 47.9. The van der Waals surface area contributed by atoms with E-state index in [9.17, 15) is 38.4 Å². The summed E-state index contributed by atoms with van der Waals surface area (Å²) in [5, 5.41) is 5.73. The molecule has 2 heterocycles. The lowest BCUT2D eigenvalue weighted by molar-refractivity contribution is -0.148. The number of rotatable bonds is 26. The number of carbonyl (C=O) groups is 6. The van der Waals surface area contributed by atoms with Crippen LogP contribution in [-0.2, 0) is 51.8 Å². The average molecular weight is 926 g/mol. The molecule has 63 heavy (non-hydrogen) atoms. The molecule has 0 unspecified atom stereocenters. The van der Waals surface area contributed by atoms with Crippen molar-refractivity contribution in [3.63, 3.8) is 0 Å². The number of likely N-dealkylation sites (tertiary alicyclic amines) is 1. The van der Waals surface area contributed by atoms with Crippen molar-refractivity contribution < 1.29 is 38.2 Å². The van der Waals surface area contributed by atoms with Gasteiger partial charge in [0.05, 0.1) is 47.0 Å². The predicted octanol–water partition coefficient (Wildman–Crippen LogP) is 3.02. The molecule has 19 heteroatoms. The number of nitrogens with zero attached hydrogens (tertiary/aromatic N) is 5. The highest BCUT2D eigenvalue weighted by molar-refractivity contribution is 8.01. The van der Waals surface area contributed by atoms with E-state index in [1.807, 2.05) is 41.5 Å². The summed E-state index contributed by atoms with van der Waals surface area (Å²) < 4.78 is 14.1. The number of carbonyl (C=O) groups excluding carboxylic acids is 6. The summed E-state index contributed by atoms with van der Waals surface area (Å²) in [5.41, 5.74) is -0.654. The molecule has 17 nitrogen and oxygen atoms in total. The van der Waals surface area contributed by atoms with Gasteiger partial charge in [0.25, 0.3) is 11.1 Å². The normalized spacial score (nSPS) is 17.4. The highest BCUT2D eigenvalue weighted by atomic mass is 32.2. The maximum absolute atomic E-state index is 14.5. The Morgan fingerprint density at radius 1 is 0.905 bits per heavy atom. The van der Waals surface area contributed by atoms with E-state index in [-0.39, 0.29) is 90.9 Å². The molecule has 1 fully saturated rings. The topological polar surface area (TPSA) is 199 Å². The van der Waals surface area contributed by atoms with Crippen molar-refractivity contribution in [2.45, 2.75) is 146 Å². The molecule has 1 aliphatic heterocycles. The van der Waals surface area contributed by atoms with Gasteiger partial charge >= 0.3 is 0 Å². The van der Waals surface area contributed by atoms with Crippen LogP contribution in [0, 0.1) is 23.7 Å². The molecule has 5 amide bonds. The number of hydrogen-bond donors (Lipinski definition) is 2. The van der Waals surface area contributed by atoms with Gasteiger partial charge in [-0.15, -0.1) is 23.5 Å². The minimum atomic E-state index is -0.952. The summed E-state index contributed by atoms with van der Waals surface area (Å²) in [6, 6.07) is -2.63. The van der Waals surface area contributed by atoms with E-state index < -0.39 is 42.2 Å². The zero-order valence-corrected chi connectivity index (χ0v) is 41.7. The van der Waals surface area contributed by atoms with Crippen molar-refractivity contribution in [3.8, 4) is 0 Å². The van der Waals surface area contributed by atoms with Crippen molar-refractivity contribution in [3.05, 3.63) is 20.7 Å². The van der Waals surface area contributed by atoms with Crippen LogP contribution in [-0.4, -0.2) is 150 Å². The van der Waals surface area contributed by atoms with Crippen LogP contribution in [0.25, 0.3) is 0 Å². The van der Waals surface area contributed by atoms with Crippen LogP contribution >= 0.6 is 23.5 Å². The molecule has 358 valence electrons. The largest absolute Gasteiger partial charge is 0.379 e. The number of aldehydes is 1. The fourth-order valence-electron chi connectivity index (χ4n) is 8.57. The smallest absolute Gasteiger partial charge is 0.280 e. The van der Waals surface area contributed by atoms with Crippen LogP contribution in [0.2, 0.25) is 0 Å². The van der Waals surface area contributed by atoms with Crippen molar-refractivity contribution in [2.75, 3.05) is 53.9 Å². The Bertz CT molecular complexity index is 1840. The lowest BCUT2D eigenvalue weighted by Crippen LogP contribution is -2.60. The highest BCUT2D eigenvalue weighted by Crippen LogP contribution is 2.29. The number of aromatic nitrogens is 2. The van der Waals surface area contributed by atoms with E-state index in [4.69, 9.17) is 9.47 Å². The maximum atomic E-state index is 14.5. The molecule has 0 bridgehead atoms. The minimum absolute atomic E-state index is 0.00451. The third kappa shape index (κ3) is 14.2. The van der Waals surface area contributed by atoms with Gasteiger partial charge in [-0.3, -0.25) is 33.6 Å². The molecule has 2 N–H and O–H groups in total. The van der Waals surface area contributed by atoms with Gasteiger partial charge in [-0.1, -0.05) is 54.9 Å². The van der Waals surface area contributed by atoms with Gasteiger partial charge in [0.1, 0.15) is 18.4 Å². The molecule has 0 aliphatic carbocycles. The number of thioether (sulfide) groups is 2. The fraction of sp³-hybridized carbons (Fsp3) is 0.773. The summed E-state index contributed by atoms with van der Waals surface area (Å²) >= 11 is 2.40. The van der Waals surface area contributed by atoms with Crippen molar-refractivity contribution >= 4 is 59.3 Å². The Balaban J connectivity index is 2.13. The van der Waals surface area contributed by atoms with Crippen molar-refractivity contribution in [1.29, 1.82) is 0 Å². The Hall–Kier alpha value is -3.68. The van der Waals surface area contributed by atoms with E-state index >= 15 is 0 Å². The minimum Gasteiger partial charge on any atom is -0.379 e. The summed E-state index contributed by atoms with van der Waals surface area (Å²) in [7, 11) is 7.79. The van der Waals surface area contributed by atoms with Crippen LogP contribution in [0.5, 0.6) is 0 Å². The van der Waals surface area contributed by atoms with Crippen molar-refractivity contribution in [1.82, 2.24) is 34.7 Å². The van der Waals surface area contributed by atoms with E-state index in [2.05, 4.69) is 10.6 Å². The first-order chi connectivity index (χ1) is 29.7. The third-order valence-corrected chi connectivity index (χ3v) is 14.1. The third-order valence-electron chi connectivity index (χ3n) is 12.4. The summed E-state index contributed by atoms with van der Waals surface area (Å²) in [5.74, 6) is -2.76. The van der Waals surface area contributed by atoms with Gasteiger partial charge in [-0.25, -0.2) is 9.36 Å². The first-order valence-corrected chi connectivity index (χ1v) is 24.5. The van der Waals surface area contributed by atoms with E-state index in [1.165, 1.54) is 51.9 Å². The molecule has 1 aromatic heterocycles. The molecule has 0 aromatic carbocycles. The summed E-state index contributed by atoms with van der Waals surface area (Å²) in [6.45, 7) is 13.8. The molecule has 0 spiro atoms. The number of likely N-dealkylation sites (N-methyl/N-ethyl adjacent to an activating group) is 2. The number of hydrogen-bond acceptors (Lipinski definition) is 12. The molecule has 1 saturated heterocycles. The molecule has 2 rings (SSSR count).